The molecule has 0 heterocycles. The number of carboxylic acids is 1. The van der Waals surface area contributed by atoms with Crippen molar-refractivity contribution < 1.29 is 15.0 Å². The molecule has 0 unspecified atom stereocenters. The second kappa shape index (κ2) is 6.91. The van der Waals surface area contributed by atoms with Crippen molar-refractivity contribution >= 4 is 23.6 Å². The van der Waals surface area contributed by atoms with E-state index in [0.717, 1.165) is 59.8 Å². The molecule has 0 atom stereocenters. The van der Waals surface area contributed by atoms with Gasteiger partial charge < -0.3 is 10.2 Å². The third-order valence-electron chi connectivity index (χ3n) is 7.35. The van der Waals surface area contributed by atoms with E-state index in [1.165, 1.54) is 19.3 Å². The molecule has 0 radical (unpaired) electrons. The first-order valence-electron chi connectivity index (χ1n) is 10.5. The van der Waals surface area contributed by atoms with Crippen LogP contribution in [0.3, 0.4) is 0 Å². The molecule has 4 fully saturated rings. The van der Waals surface area contributed by atoms with Crippen molar-refractivity contribution in [3.8, 4) is 16.9 Å². The summed E-state index contributed by atoms with van der Waals surface area (Å²) < 4.78 is 0. The van der Waals surface area contributed by atoms with E-state index < -0.39 is 5.97 Å². The molecule has 4 heteroatoms. The Morgan fingerprint density at radius 1 is 1.03 bits per heavy atom. The van der Waals surface area contributed by atoms with Gasteiger partial charge in [0.05, 0.1) is 5.02 Å². The standard InChI is InChI=1S/C25H25ClO3/c26-23-22(18-4-2-1-3-5-18)19(6-7-21(27)28)11-20(24(23)29)25-12-15-8-16(13-25)10-17(9-15)14-25/h1-7,11,15-17,29H,8-10,12-14H2,(H,27,28). The molecule has 4 aliphatic rings. The summed E-state index contributed by atoms with van der Waals surface area (Å²) >= 11 is 6.76. The van der Waals surface area contributed by atoms with Gasteiger partial charge in [-0.1, -0.05) is 41.9 Å². The fourth-order valence-electron chi connectivity index (χ4n) is 6.69. The molecule has 2 N–H and O–H groups in total. The van der Waals surface area contributed by atoms with Crippen LogP contribution in [-0.4, -0.2) is 16.2 Å². The quantitative estimate of drug-likeness (QED) is 0.585. The second-order valence-electron chi connectivity index (χ2n) is 9.29. The molecule has 6 rings (SSSR count). The predicted molar refractivity (Wildman–Crippen MR) is 115 cm³/mol. The highest BCUT2D eigenvalue weighted by atomic mass is 35.5. The van der Waals surface area contributed by atoms with Crippen LogP contribution in [0.5, 0.6) is 5.75 Å². The predicted octanol–water partition coefficient (Wildman–Crippen LogP) is 6.28. The van der Waals surface area contributed by atoms with E-state index in [9.17, 15) is 15.0 Å². The van der Waals surface area contributed by atoms with E-state index in [0.29, 0.717) is 10.6 Å². The van der Waals surface area contributed by atoms with Crippen LogP contribution >= 0.6 is 11.6 Å². The molecule has 3 nitrogen and oxygen atoms in total. The summed E-state index contributed by atoms with van der Waals surface area (Å²) in [6, 6.07) is 11.6. The normalized spacial score (nSPS) is 30.2. The third-order valence-corrected chi connectivity index (χ3v) is 7.72. The Labute approximate surface area is 176 Å². The highest BCUT2D eigenvalue weighted by Crippen LogP contribution is 2.62. The van der Waals surface area contributed by atoms with Gasteiger partial charge in [-0.05, 0) is 85.0 Å². The molecular weight excluding hydrogens is 384 g/mol. The molecule has 29 heavy (non-hydrogen) atoms. The lowest BCUT2D eigenvalue weighted by atomic mass is 9.48. The van der Waals surface area contributed by atoms with Gasteiger partial charge in [-0.3, -0.25) is 0 Å². The van der Waals surface area contributed by atoms with Gasteiger partial charge >= 0.3 is 5.97 Å². The van der Waals surface area contributed by atoms with E-state index in [1.54, 1.807) is 6.08 Å². The van der Waals surface area contributed by atoms with Crippen LogP contribution < -0.4 is 0 Å². The van der Waals surface area contributed by atoms with Gasteiger partial charge in [-0.2, -0.15) is 0 Å². The van der Waals surface area contributed by atoms with Crippen LogP contribution in [0.2, 0.25) is 5.02 Å². The van der Waals surface area contributed by atoms with Gasteiger partial charge in [-0.15, -0.1) is 0 Å². The van der Waals surface area contributed by atoms with Crippen molar-refractivity contribution in [2.24, 2.45) is 17.8 Å². The van der Waals surface area contributed by atoms with Crippen molar-refractivity contribution in [1.29, 1.82) is 0 Å². The Morgan fingerprint density at radius 3 is 2.17 bits per heavy atom. The molecule has 150 valence electrons. The molecule has 0 spiro atoms. The Kier molecular flexibility index (Phi) is 4.47. The van der Waals surface area contributed by atoms with Gasteiger partial charge in [0.2, 0.25) is 0 Å². The number of aliphatic carboxylic acids is 1. The maximum Gasteiger partial charge on any atom is 0.328 e. The fourth-order valence-corrected chi connectivity index (χ4v) is 7.01. The summed E-state index contributed by atoms with van der Waals surface area (Å²) in [5.41, 5.74) is 3.22. The molecule has 2 aromatic carbocycles. The van der Waals surface area contributed by atoms with Gasteiger partial charge in [0.25, 0.3) is 0 Å². The van der Waals surface area contributed by atoms with E-state index in [-0.39, 0.29) is 11.2 Å². The average molecular weight is 409 g/mol. The summed E-state index contributed by atoms with van der Waals surface area (Å²) in [4.78, 5) is 11.2. The largest absolute Gasteiger partial charge is 0.506 e. The van der Waals surface area contributed by atoms with Gasteiger partial charge in [0.1, 0.15) is 5.75 Å². The SMILES string of the molecule is O=C(O)C=Cc1cc(C23CC4CC(CC(C4)C2)C3)c(O)c(Cl)c1-c1ccccc1. The summed E-state index contributed by atoms with van der Waals surface area (Å²) in [6.45, 7) is 0. The topological polar surface area (TPSA) is 57.5 Å². The minimum Gasteiger partial charge on any atom is -0.506 e. The van der Waals surface area contributed by atoms with E-state index >= 15 is 0 Å². The zero-order chi connectivity index (χ0) is 20.2. The lowest BCUT2D eigenvalue weighted by molar-refractivity contribution is -0.131. The molecule has 0 saturated heterocycles. The van der Waals surface area contributed by atoms with Crippen LogP contribution in [0.15, 0.2) is 42.5 Å². The number of rotatable bonds is 4. The number of carboxylic acid groups (broad SMARTS) is 1. The van der Waals surface area contributed by atoms with E-state index in [2.05, 4.69) is 0 Å². The molecule has 0 amide bonds. The number of carbonyl (C=O) groups is 1. The molecule has 4 aliphatic carbocycles. The second-order valence-corrected chi connectivity index (χ2v) is 9.66. The minimum atomic E-state index is -0.996. The number of phenols is 1. The lowest BCUT2D eigenvalue weighted by Gasteiger charge is -2.57. The summed E-state index contributed by atoms with van der Waals surface area (Å²) in [7, 11) is 0. The monoisotopic (exact) mass is 408 g/mol. The molecule has 0 aliphatic heterocycles. The van der Waals surface area contributed by atoms with Gasteiger partial charge in [-0.25, -0.2) is 4.79 Å². The zero-order valence-corrected chi connectivity index (χ0v) is 17.0. The van der Waals surface area contributed by atoms with Crippen LogP contribution in [0.4, 0.5) is 0 Å². The number of aromatic hydroxyl groups is 1. The Morgan fingerprint density at radius 2 is 1.62 bits per heavy atom. The molecular formula is C25H25ClO3. The molecule has 4 bridgehead atoms. The number of phenolic OH excluding ortho intramolecular Hbond substituents is 1. The highest BCUT2D eigenvalue weighted by Gasteiger charge is 2.52. The van der Waals surface area contributed by atoms with Crippen LogP contribution in [0.1, 0.15) is 49.7 Å². The molecule has 0 aromatic heterocycles. The molecule has 2 aromatic rings. The van der Waals surface area contributed by atoms with Crippen molar-refractivity contribution in [3.05, 3.63) is 58.6 Å². The number of hydrogen-bond donors (Lipinski definition) is 2. The van der Waals surface area contributed by atoms with Crippen LogP contribution in [0.25, 0.3) is 17.2 Å². The highest BCUT2D eigenvalue weighted by molar-refractivity contribution is 6.35. The summed E-state index contributed by atoms with van der Waals surface area (Å²) in [5.74, 6) is 1.41. The number of halogens is 1. The van der Waals surface area contributed by atoms with Gasteiger partial charge in [0, 0.05) is 17.2 Å². The lowest BCUT2D eigenvalue weighted by Crippen LogP contribution is -2.48. The Balaban J connectivity index is 1.69. The maximum atomic E-state index is 11.2. The fraction of sp³-hybridized carbons (Fsp3) is 0.400. The Hall–Kier alpha value is -2.26. The van der Waals surface area contributed by atoms with Crippen LogP contribution in [-0.2, 0) is 10.2 Å². The third kappa shape index (κ3) is 3.16. The van der Waals surface area contributed by atoms with E-state index in [1.807, 2.05) is 36.4 Å². The maximum absolute atomic E-state index is 11.2. The minimum absolute atomic E-state index is 0.0243. The van der Waals surface area contributed by atoms with Crippen molar-refractivity contribution in [2.75, 3.05) is 0 Å². The van der Waals surface area contributed by atoms with Crippen molar-refractivity contribution in [2.45, 2.75) is 43.9 Å². The van der Waals surface area contributed by atoms with Crippen molar-refractivity contribution in [1.82, 2.24) is 0 Å². The average Bonchev–Trinajstić information content (AvgIpc) is 2.68. The smallest absolute Gasteiger partial charge is 0.328 e. The van der Waals surface area contributed by atoms with Crippen LogP contribution in [0, 0.1) is 17.8 Å². The first-order valence-corrected chi connectivity index (χ1v) is 10.9. The summed E-state index contributed by atoms with van der Waals surface area (Å²) in [5, 5.41) is 20.7. The van der Waals surface area contributed by atoms with Crippen molar-refractivity contribution in [3.63, 3.8) is 0 Å². The van der Waals surface area contributed by atoms with Gasteiger partial charge in [0.15, 0.2) is 0 Å². The number of hydrogen-bond acceptors (Lipinski definition) is 2. The first-order chi connectivity index (χ1) is 13.9. The zero-order valence-electron chi connectivity index (χ0n) is 16.3. The van der Waals surface area contributed by atoms with E-state index in [4.69, 9.17) is 11.6 Å². The summed E-state index contributed by atoms with van der Waals surface area (Å²) in [6.07, 6.45) is 10.0. The Bertz CT molecular complexity index is 958. The number of benzene rings is 2. The first kappa shape index (κ1) is 18.7. The molecule has 4 saturated carbocycles.